The second-order valence-electron chi connectivity index (χ2n) is 5.51. The van der Waals surface area contributed by atoms with E-state index in [9.17, 15) is 0 Å². The molecule has 0 fully saturated rings. The summed E-state index contributed by atoms with van der Waals surface area (Å²) in [4.78, 5) is 0. The van der Waals surface area contributed by atoms with E-state index in [-0.39, 0.29) is 0 Å². The van der Waals surface area contributed by atoms with Gasteiger partial charge < -0.3 is 10.5 Å². The quantitative estimate of drug-likeness (QED) is 0.805. The van der Waals surface area contributed by atoms with Crippen molar-refractivity contribution in [2.45, 2.75) is 26.2 Å². The largest absolute Gasteiger partial charge is 0.492 e. The first-order valence-corrected chi connectivity index (χ1v) is 7.71. The standard InChI is InChI=1S/C17H18BrNO/c1-10(2)11-3-5-12(6-4-11)14-9-15(19)16(18)13-7-8-20-17(13)14/h3-6,9-10H,7-8,19H2,1-2H3. The Bertz CT molecular complexity index is 647. The Balaban J connectivity index is 2.11. The Morgan fingerprint density at radius 1 is 1.20 bits per heavy atom. The SMILES string of the molecule is CC(C)c1ccc(-c2cc(N)c(Br)c3c2OCC3)cc1. The van der Waals surface area contributed by atoms with E-state index in [1.165, 1.54) is 11.1 Å². The van der Waals surface area contributed by atoms with Crippen LogP contribution >= 0.6 is 15.9 Å². The van der Waals surface area contributed by atoms with Crippen molar-refractivity contribution in [3.05, 3.63) is 45.9 Å². The number of ether oxygens (including phenoxy) is 1. The van der Waals surface area contributed by atoms with Gasteiger partial charge in [0.1, 0.15) is 5.75 Å². The van der Waals surface area contributed by atoms with E-state index in [0.29, 0.717) is 5.92 Å². The van der Waals surface area contributed by atoms with Crippen molar-refractivity contribution in [2.75, 3.05) is 12.3 Å². The van der Waals surface area contributed by atoms with Crippen LogP contribution in [-0.2, 0) is 6.42 Å². The summed E-state index contributed by atoms with van der Waals surface area (Å²) < 4.78 is 6.79. The highest BCUT2D eigenvalue weighted by Crippen LogP contribution is 2.43. The third-order valence-corrected chi connectivity index (χ3v) is 4.76. The minimum atomic E-state index is 0.543. The smallest absolute Gasteiger partial charge is 0.131 e. The average Bonchev–Trinajstić information content (AvgIpc) is 2.92. The van der Waals surface area contributed by atoms with Crippen molar-refractivity contribution >= 4 is 21.6 Å². The molecular weight excluding hydrogens is 314 g/mol. The highest BCUT2D eigenvalue weighted by Gasteiger charge is 2.22. The molecular formula is C17H18BrNO. The molecule has 3 heteroatoms. The van der Waals surface area contributed by atoms with Crippen molar-refractivity contribution < 1.29 is 4.74 Å². The molecule has 2 aromatic rings. The predicted molar refractivity (Wildman–Crippen MR) is 87.3 cm³/mol. The molecule has 20 heavy (non-hydrogen) atoms. The number of hydrogen-bond donors (Lipinski definition) is 1. The van der Waals surface area contributed by atoms with Crippen LogP contribution in [-0.4, -0.2) is 6.61 Å². The fraction of sp³-hybridized carbons (Fsp3) is 0.294. The van der Waals surface area contributed by atoms with Crippen LogP contribution in [0.25, 0.3) is 11.1 Å². The highest BCUT2D eigenvalue weighted by molar-refractivity contribution is 9.10. The topological polar surface area (TPSA) is 35.2 Å². The molecule has 0 aromatic heterocycles. The summed E-state index contributed by atoms with van der Waals surface area (Å²) in [5.74, 6) is 1.52. The molecule has 104 valence electrons. The molecule has 1 aliphatic rings. The zero-order valence-corrected chi connectivity index (χ0v) is 13.3. The molecule has 2 N–H and O–H groups in total. The fourth-order valence-electron chi connectivity index (χ4n) is 2.63. The number of nitrogen functional groups attached to an aromatic ring is 1. The number of halogens is 1. The van der Waals surface area contributed by atoms with Crippen LogP contribution in [0.4, 0.5) is 5.69 Å². The van der Waals surface area contributed by atoms with Gasteiger partial charge in [0, 0.05) is 27.7 Å². The Labute approximate surface area is 128 Å². The Hall–Kier alpha value is -1.48. The van der Waals surface area contributed by atoms with E-state index in [4.69, 9.17) is 10.5 Å². The number of fused-ring (bicyclic) bond motifs is 1. The van der Waals surface area contributed by atoms with E-state index in [0.717, 1.165) is 40.1 Å². The van der Waals surface area contributed by atoms with Gasteiger partial charge in [-0.25, -0.2) is 0 Å². The number of benzene rings is 2. The Morgan fingerprint density at radius 3 is 2.55 bits per heavy atom. The summed E-state index contributed by atoms with van der Waals surface area (Å²) >= 11 is 3.56. The molecule has 0 amide bonds. The molecule has 0 unspecified atom stereocenters. The highest BCUT2D eigenvalue weighted by atomic mass is 79.9. The molecule has 1 heterocycles. The minimum Gasteiger partial charge on any atom is -0.492 e. The van der Waals surface area contributed by atoms with Gasteiger partial charge in [-0.1, -0.05) is 38.1 Å². The molecule has 0 radical (unpaired) electrons. The molecule has 3 rings (SSSR count). The van der Waals surface area contributed by atoms with Crippen molar-refractivity contribution in [3.8, 4) is 16.9 Å². The summed E-state index contributed by atoms with van der Waals surface area (Å²) in [7, 11) is 0. The molecule has 1 aliphatic heterocycles. The first-order chi connectivity index (χ1) is 9.58. The lowest BCUT2D eigenvalue weighted by atomic mass is 9.96. The van der Waals surface area contributed by atoms with Gasteiger partial charge in [0.05, 0.1) is 6.61 Å². The molecule has 0 spiro atoms. The second kappa shape index (κ2) is 5.13. The minimum absolute atomic E-state index is 0.543. The van der Waals surface area contributed by atoms with Gasteiger partial charge in [-0.2, -0.15) is 0 Å². The fourth-order valence-corrected chi connectivity index (χ4v) is 3.12. The van der Waals surface area contributed by atoms with Gasteiger partial charge in [-0.15, -0.1) is 0 Å². The number of anilines is 1. The maximum absolute atomic E-state index is 6.11. The van der Waals surface area contributed by atoms with Crippen LogP contribution in [0.5, 0.6) is 5.75 Å². The van der Waals surface area contributed by atoms with Crippen molar-refractivity contribution in [2.24, 2.45) is 0 Å². The molecule has 0 saturated heterocycles. The third kappa shape index (κ3) is 2.20. The molecule has 2 nitrogen and oxygen atoms in total. The number of rotatable bonds is 2. The lowest BCUT2D eigenvalue weighted by Gasteiger charge is -2.13. The van der Waals surface area contributed by atoms with Gasteiger partial charge in [-0.05, 0) is 39.0 Å². The molecule has 0 bridgehead atoms. The Kier molecular flexibility index (Phi) is 3.47. The first-order valence-electron chi connectivity index (χ1n) is 6.92. The summed E-state index contributed by atoms with van der Waals surface area (Å²) in [5, 5.41) is 0. The van der Waals surface area contributed by atoms with E-state index in [2.05, 4.69) is 54.0 Å². The van der Waals surface area contributed by atoms with Gasteiger partial charge in [0.25, 0.3) is 0 Å². The maximum Gasteiger partial charge on any atom is 0.131 e. The summed E-state index contributed by atoms with van der Waals surface area (Å²) in [6.07, 6.45) is 0.915. The first kappa shape index (κ1) is 13.5. The van der Waals surface area contributed by atoms with Crippen molar-refractivity contribution in [1.29, 1.82) is 0 Å². The van der Waals surface area contributed by atoms with Crippen LogP contribution in [0.15, 0.2) is 34.8 Å². The van der Waals surface area contributed by atoms with E-state index < -0.39 is 0 Å². The van der Waals surface area contributed by atoms with Crippen LogP contribution in [0.2, 0.25) is 0 Å². The third-order valence-electron chi connectivity index (χ3n) is 3.82. The monoisotopic (exact) mass is 331 g/mol. The van der Waals surface area contributed by atoms with Gasteiger partial charge in [0.15, 0.2) is 0 Å². The molecule has 0 atom stereocenters. The van der Waals surface area contributed by atoms with Crippen LogP contribution in [0.1, 0.15) is 30.9 Å². The lowest BCUT2D eigenvalue weighted by Crippen LogP contribution is -1.94. The molecule has 0 saturated carbocycles. The maximum atomic E-state index is 6.11. The van der Waals surface area contributed by atoms with Crippen LogP contribution in [0.3, 0.4) is 0 Å². The van der Waals surface area contributed by atoms with Crippen LogP contribution < -0.4 is 10.5 Å². The Morgan fingerprint density at radius 2 is 1.90 bits per heavy atom. The summed E-state index contributed by atoms with van der Waals surface area (Å²) in [5.41, 5.74) is 11.7. The normalized spacial score (nSPS) is 13.4. The second-order valence-corrected chi connectivity index (χ2v) is 6.30. The number of nitrogens with two attached hydrogens (primary N) is 1. The van der Waals surface area contributed by atoms with Gasteiger partial charge in [0.2, 0.25) is 0 Å². The predicted octanol–water partition coefficient (Wildman–Crippen LogP) is 4.76. The molecule has 2 aromatic carbocycles. The number of hydrogen-bond acceptors (Lipinski definition) is 2. The van der Waals surface area contributed by atoms with Crippen LogP contribution in [0, 0.1) is 0 Å². The summed E-state index contributed by atoms with van der Waals surface area (Å²) in [6, 6.07) is 10.7. The van der Waals surface area contributed by atoms with E-state index in [1.807, 2.05) is 6.07 Å². The van der Waals surface area contributed by atoms with Crippen molar-refractivity contribution in [3.63, 3.8) is 0 Å². The van der Waals surface area contributed by atoms with E-state index >= 15 is 0 Å². The van der Waals surface area contributed by atoms with Gasteiger partial charge >= 0.3 is 0 Å². The zero-order valence-electron chi connectivity index (χ0n) is 11.7. The van der Waals surface area contributed by atoms with E-state index in [1.54, 1.807) is 0 Å². The zero-order chi connectivity index (χ0) is 14.3. The lowest BCUT2D eigenvalue weighted by molar-refractivity contribution is 0.358. The van der Waals surface area contributed by atoms with Gasteiger partial charge in [-0.3, -0.25) is 0 Å². The molecule has 0 aliphatic carbocycles. The summed E-state index contributed by atoms with van der Waals surface area (Å²) in [6.45, 7) is 5.13. The average molecular weight is 332 g/mol. The van der Waals surface area contributed by atoms with Crippen molar-refractivity contribution in [1.82, 2.24) is 0 Å².